The molecule has 3 atom stereocenters. The number of rotatable bonds is 3. The summed E-state index contributed by atoms with van der Waals surface area (Å²) >= 11 is 0. The minimum absolute atomic E-state index is 0.0619. The van der Waals surface area contributed by atoms with Crippen molar-refractivity contribution in [2.45, 2.75) is 51.2 Å². The zero-order chi connectivity index (χ0) is 14.7. The summed E-state index contributed by atoms with van der Waals surface area (Å²) in [6.45, 7) is 4.35. The summed E-state index contributed by atoms with van der Waals surface area (Å²) in [6, 6.07) is 10.00. The van der Waals surface area contributed by atoms with E-state index in [9.17, 15) is 4.79 Å². The van der Waals surface area contributed by atoms with Crippen molar-refractivity contribution >= 4 is 5.97 Å². The molecule has 0 aromatic heterocycles. The second-order valence-electron chi connectivity index (χ2n) is 6.51. The first-order valence-corrected chi connectivity index (χ1v) is 8.24. The molecule has 0 N–H and O–H groups in total. The van der Waals surface area contributed by atoms with Gasteiger partial charge in [-0.3, -0.25) is 4.90 Å². The van der Waals surface area contributed by atoms with Gasteiger partial charge < -0.3 is 4.74 Å². The molecule has 0 bridgehead atoms. The van der Waals surface area contributed by atoms with Gasteiger partial charge in [-0.05, 0) is 37.3 Å². The minimum Gasteiger partial charge on any atom is -0.457 e. The molecule has 1 saturated heterocycles. The van der Waals surface area contributed by atoms with Crippen LogP contribution in [0.2, 0.25) is 0 Å². The van der Waals surface area contributed by atoms with Gasteiger partial charge >= 0.3 is 5.97 Å². The Kier molecular flexibility index (Phi) is 4.59. The minimum atomic E-state index is -0.181. The van der Waals surface area contributed by atoms with Crippen molar-refractivity contribution in [2.24, 2.45) is 5.92 Å². The summed E-state index contributed by atoms with van der Waals surface area (Å²) in [7, 11) is 0. The molecule has 3 heteroatoms. The van der Waals surface area contributed by atoms with E-state index in [1.807, 2.05) is 30.3 Å². The number of esters is 1. The number of hydrogen-bond acceptors (Lipinski definition) is 3. The van der Waals surface area contributed by atoms with Crippen LogP contribution in [0.15, 0.2) is 30.3 Å². The van der Waals surface area contributed by atoms with Gasteiger partial charge in [-0.15, -0.1) is 0 Å². The lowest BCUT2D eigenvalue weighted by molar-refractivity contribution is 0.0292. The van der Waals surface area contributed by atoms with Gasteiger partial charge in [0, 0.05) is 19.1 Å². The summed E-state index contributed by atoms with van der Waals surface area (Å²) in [5, 5.41) is 0. The van der Waals surface area contributed by atoms with E-state index in [4.69, 9.17) is 4.74 Å². The van der Waals surface area contributed by atoms with Crippen molar-refractivity contribution in [1.29, 1.82) is 0 Å². The van der Waals surface area contributed by atoms with Crippen molar-refractivity contribution in [1.82, 2.24) is 4.90 Å². The van der Waals surface area contributed by atoms with Crippen molar-refractivity contribution in [3.8, 4) is 0 Å². The fraction of sp³-hybridized carbons (Fsp3) is 0.611. The molecule has 0 radical (unpaired) electrons. The summed E-state index contributed by atoms with van der Waals surface area (Å²) < 4.78 is 5.67. The van der Waals surface area contributed by atoms with Gasteiger partial charge in [0.1, 0.15) is 6.10 Å². The average Bonchev–Trinajstić information content (AvgIpc) is 2.97. The number of benzene rings is 1. The highest BCUT2D eigenvalue weighted by Gasteiger charge is 2.34. The molecule has 1 heterocycles. The number of hydrogen-bond donors (Lipinski definition) is 0. The van der Waals surface area contributed by atoms with E-state index in [-0.39, 0.29) is 12.1 Å². The van der Waals surface area contributed by atoms with Crippen LogP contribution in [-0.2, 0) is 4.74 Å². The smallest absolute Gasteiger partial charge is 0.338 e. The Morgan fingerprint density at radius 3 is 2.67 bits per heavy atom. The highest BCUT2D eigenvalue weighted by Crippen LogP contribution is 2.30. The maximum atomic E-state index is 12.1. The van der Waals surface area contributed by atoms with Crippen LogP contribution in [-0.4, -0.2) is 36.1 Å². The van der Waals surface area contributed by atoms with Crippen LogP contribution >= 0.6 is 0 Å². The molecule has 1 aliphatic carbocycles. The van der Waals surface area contributed by atoms with E-state index >= 15 is 0 Å². The maximum Gasteiger partial charge on any atom is 0.338 e. The first kappa shape index (κ1) is 14.6. The number of nitrogens with zero attached hydrogens (tertiary/aromatic N) is 1. The van der Waals surface area contributed by atoms with Crippen molar-refractivity contribution < 1.29 is 9.53 Å². The first-order chi connectivity index (χ1) is 10.2. The summed E-state index contributed by atoms with van der Waals surface area (Å²) in [5.41, 5.74) is 0.655. The van der Waals surface area contributed by atoms with Crippen LogP contribution in [0, 0.1) is 5.92 Å². The molecule has 21 heavy (non-hydrogen) atoms. The predicted octanol–water partition coefficient (Wildman–Crippen LogP) is 3.50. The summed E-state index contributed by atoms with van der Waals surface area (Å²) in [5.74, 6) is 0.599. The van der Waals surface area contributed by atoms with Gasteiger partial charge in [-0.2, -0.15) is 0 Å². The zero-order valence-electron chi connectivity index (χ0n) is 12.8. The third-order valence-corrected chi connectivity index (χ3v) is 4.99. The highest BCUT2D eigenvalue weighted by atomic mass is 16.5. The Labute approximate surface area is 127 Å². The number of ether oxygens (including phenoxy) is 1. The predicted molar refractivity (Wildman–Crippen MR) is 83.3 cm³/mol. The van der Waals surface area contributed by atoms with Gasteiger partial charge in [0.2, 0.25) is 0 Å². The molecule has 3 nitrogen and oxygen atoms in total. The zero-order valence-corrected chi connectivity index (χ0v) is 12.8. The quantitative estimate of drug-likeness (QED) is 0.797. The Hall–Kier alpha value is -1.35. The van der Waals surface area contributed by atoms with Gasteiger partial charge in [0.15, 0.2) is 0 Å². The van der Waals surface area contributed by atoms with E-state index < -0.39 is 0 Å². The van der Waals surface area contributed by atoms with Crippen molar-refractivity contribution in [2.75, 3.05) is 13.1 Å². The lowest BCUT2D eigenvalue weighted by atomic mass is 9.85. The molecule has 2 unspecified atom stereocenters. The van der Waals surface area contributed by atoms with Crippen LogP contribution in [0.25, 0.3) is 0 Å². The lowest BCUT2D eigenvalue weighted by Gasteiger charge is -2.36. The Morgan fingerprint density at radius 1 is 1.14 bits per heavy atom. The molecule has 114 valence electrons. The molecule has 1 aromatic rings. The molecule has 1 saturated carbocycles. The molecule has 0 spiro atoms. The van der Waals surface area contributed by atoms with Crippen LogP contribution in [0.1, 0.15) is 49.4 Å². The van der Waals surface area contributed by atoms with Crippen LogP contribution in [0.4, 0.5) is 0 Å². The monoisotopic (exact) mass is 287 g/mol. The van der Waals surface area contributed by atoms with Crippen molar-refractivity contribution in [3.63, 3.8) is 0 Å². The van der Waals surface area contributed by atoms with Crippen LogP contribution in [0.5, 0.6) is 0 Å². The Morgan fingerprint density at radius 2 is 1.90 bits per heavy atom. The van der Waals surface area contributed by atoms with E-state index in [2.05, 4.69) is 11.8 Å². The normalized spacial score (nSPS) is 30.2. The third-order valence-electron chi connectivity index (χ3n) is 4.99. The second-order valence-corrected chi connectivity index (χ2v) is 6.51. The van der Waals surface area contributed by atoms with Crippen LogP contribution in [0.3, 0.4) is 0 Å². The van der Waals surface area contributed by atoms with E-state index in [1.54, 1.807) is 0 Å². The molecule has 3 rings (SSSR count). The van der Waals surface area contributed by atoms with Gasteiger partial charge in [0.05, 0.1) is 5.56 Å². The summed E-state index contributed by atoms with van der Waals surface area (Å²) in [6.07, 6.45) is 6.40. The lowest BCUT2D eigenvalue weighted by Crippen LogP contribution is -2.40. The first-order valence-electron chi connectivity index (χ1n) is 8.24. The maximum absolute atomic E-state index is 12.1. The average molecular weight is 287 g/mol. The van der Waals surface area contributed by atoms with Crippen molar-refractivity contribution in [3.05, 3.63) is 35.9 Å². The fourth-order valence-corrected chi connectivity index (χ4v) is 3.78. The van der Waals surface area contributed by atoms with Gasteiger partial charge in [-0.25, -0.2) is 4.79 Å². The van der Waals surface area contributed by atoms with Gasteiger partial charge in [0.25, 0.3) is 0 Å². The molecular weight excluding hydrogens is 262 g/mol. The number of likely N-dealkylation sites (tertiary alicyclic amines) is 1. The molecule has 1 aliphatic heterocycles. The molecule has 1 aromatic carbocycles. The Balaban J connectivity index is 1.54. The topological polar surface area (TPSA) is 29.5 Å². The number of carbonyl (C=O) groups is 1. The highest BCUT2D eigenvalue weighted by molar-refractivity contribution is 5.89. The summed E-state index contributed by atoms with van der Waals surface area (Å²) in [4.78, 5) is 14.7. The van der Waals surface area contributed by atoms with Crippen LogP contribution < -0.4 is 0 Å². The molecule has 0 amide bonds. The molecule has 2 aliphatic rings. The van der Waals surface area contributed by atoms with E-state index in [1.165, 1.54) is 25.7 Å². The standard InChI is InChI=1S/C18H25NO2/c1-14-7-5-6-10-17(14)19-12-11-16(13-19)21-18(20)15-8-3-2-4-9-15/h2-4,8-9,14,16-17H,5-7,10-13H2,1H3/t14?,16-,17?/m0/s1. The third kappa shape index (κ3) is 3.46. The molecular formula is C18H25NO2. The van der Waals surface area contributed by atoms with E-state index in [0.29, 0.717) is 11.6 Å². The van der Waals surface area contributed by atoms with Gasteiger partial charge in [-0.1, -0.05) is 38.0 Å². The SMILES string of the molecule is CC1CCCCC1N1CC[C@H](OC(=O)c2ccccc2)C1. The number of carbonyl (C=O) groups excluding carboxylic acids is 1. The Bertz CT molecular complexity index is 473. The fourth-order valence-electron chi connectivity index (χ4n) is 3.78. The van der Waals surface area contributed by atoms with E-state index in [0.717, 1.165) is 25.4 Å². The molecule has 2 fully saturated rings. The largest absolute Gasteiger partial charge is 0.457 e. The second kappa shape index (κ2) is 6.61.